The minimum atomic E-state index is 0.393. The van der Waals surface area contributed by atoms with Gasteiger partial charge in [-0.15, -0.1) is 0 Å². The lowest BCUT2D eigenvalue weighted by atomic mass is 9.86. The van der Waals surface area contributed by atoms with Gasteiger partial charge in [0.2, 0.25) is 5.91 Å². The Morgan fingerprint density at radius 3 is 2.37 bits per heavy atom. The Morgan fingerprint density at radius 2 is 1.67 bits per heavy atom. The van der Waals surface area contributed by atoms with Gasteiger partial charge in [-0.05, 0) is 37.2 Å². The van der Waals surface area contributed by atoms with Crippen molar-refractivity contribution < 1.29 is 9.53 Å². The van der Waals surface area contributed by atoms with Crippen molar-refractivity contribution in [2.24, 2.45) is 5.92 Å². The highest BCUT2D eigenvalue weighted by molar-refractivity contribution is 5.77. The Balaban J connectivity index is 1.33. The lowest BCUT2D eigenvalue weighted by molar-refractivity contribution is -0.141. The van der Waals surface area contributed by atoms with Crippen LogP contribution >= 0.6 is 0 Å². The Morgan fingerprint density at radius 1 is 0.963 bits per heavy atom. The van der Waals surface area contributed by atoms with Gasteiger partial charge in [0, 0.05) is 51.4 Å². The van der Waals surface area contributed by atoms with Gasteiger partial charge < -0.3 is 9.64 Å². The van der Waals surface area contributed by atoms with Crippen molar-refractivity contribution in [1.29, 1.82) is 0 Å². The van der Waals surface area contributed by atoms with E-state index >= 15 is 0 Å². The van der Waals surface area contributed by atoms with Gasteiger partial charge in [-0.25, -0.2) is 0 Å². The minimum absolute atomic E-state index is 0.393. The summed E-state index contributed by atoms with van der Waals surface area (Å²) in [5.74, 6) is 1.03. The quantitative estimate of drug-likeness (QED) is 0.762. The van der Waals surface area contributed by atoms with E-state index in [2.05, 4.69) is 40.1 Å². The van der Waals surface area contributed by atoms with E-state index in [-0.39, 0.29) is 0 Å². The summed E-state index contributed by atoms with van der Waals surface area (Å²) in [5.41, 5.74) is 1.37. The van der Waals surface area contributed by atoms with E-state index in [1.807, 2.05) is 0 Å². The normalized spacial score (nSPS) is 22.8. The van der Waals surface area contributed by atoms with Crippen molar-refractivity contribution in [3.63, 3.8) is 0 Å². The lowest BCUT2D eigenvalue weighted by Crippen LogP contribution is -2.63. The van der Waals surface area contributed by atoms with Crippen LogP contribution in [-0.2, 0) is 16.1 Å². The largest absolute Gasteiger partial charge is 0.381 e. The highest BCUT2D eigenvalue weighted by atomic mass is 16.5. The molecule has 0 unspecified atom stereocenters. The molecule has 4 heteroatoms. The molecular weight excluding hydrogens is 336 g/mol. The number of carbonyl (C=O) groups excluding carboxylic acids is 1. The summed E-state index contributed by atoms with van der Waals surface area (Å²) in [7, 11) is 0. The zero-order valence-corrected chi connectivity index (χ0v) is 16.5. The monoisotopic (exact) mass is 370 g/mol. The molecule has 4 rings (SSSR count). The average molecular weight is 371 g/mol. The highest BCUT2D eigenvalue weighted by Gasteiger charge is 2.38. The van der Waals surface area contributed by atoms with Crippen molar-refractivity contribution in [2.75, 3.05) is 26.3 Å². The third-order valence-electron chi connectivity index (χ3n) is 6.74. The smallest absolute Gasteiger partial charge is 0.222 e. The lowest BCUT2D eigenvalue weighted by Gasteiger charge is -2.49. The van der Waals surface area contributed by atoms with Crippen molar-refractivity contribution in [1.82, 2.24) is 9.80 Å². The van der Waals surface area contributed by atoms with Gasteiger partial charge >= 0.3 is 0 Å². The number of carbonyl (C=O) groups is 1. The molecule has 1 aromatic carbocycles. The number of rotatable bonds is 6. The maximum atomic E-state index is 12.7. The van der Waals surface area contributed by atoms with Crippen LogP contribution in [0.25, 0.3) is 0 Å². The summed E-state index contributed by atoms with van der Waals surface area (Å²) < 4.78 is 5.58. The number of hydrogen-bond donors (Lipinski definition) is 0. The van der Waals surface area contributed by atoms with E-state index in [9.17, 15) is 4.79 Å². The second-order valence-electron chi connectivity index (χ2n) is 8.66. The first-order chi connectivity index (χ1) is 13.3. The molecule has 0 bridgehead atoms. The molecule has 2 saturated heterocycles. The van der Waals surface area contributed by atoms with E-state index in [0.29, 0.717) is 23.9 Å². The molecule has 27 heavy (non-hydrogen) atoms. The molecule has 0 N–H and O–H groups in total. The molecule has 1 aromatic rings. The maximum absolute atomic E-state index is 12.7. The predicted molar refractivity (Wildman–Crippen MR) is 107 cm³/mol. The van der Waals surface area contributed by atoms with Gasteiger partial charge in [0.15, 0.2) is 0 Å². The summed E-state index contributed by atoms with van der Waals surface area (Å²) in [6.07, 6.45) is 9.50. The molecule has 0 radical (unpaired) electrons. The van der Waals surface area contributed by atoms with Gasteiger partial charge in [0.05, 0.1) is 0 Å². The fourth-order valence-electron chi connectivity index (χ4n) is 5.00. The zero-order valence-electron chi connectivity index (χ0n) is 16.5. The van der Waals surface area contributed by atoms with Crippen molar-refractivity contribution in [3.05, 3.63) is 35.9 Å². The Labute approximate surface area is 163 Å². The molecule has 0 aromatic heterocycles. The van der Waals surface area contributed by atoms with Crippen molar-refractivity contribution >= 4 is 5.91 Å². The van der Waals surface area contributed by atoms with Crippen molar-refractivity contribution in [2.45, 2.75) is 70.0 Å². The molecule has 1 amide bonds. The molecule has 1 aliphatic carbocycles. The van der Waals surface area contributed by atoms with Crippen LogP contribution in [-0.4, -0.2) is 54.1 Å². The molecule has 148 valence electrons. The zero-order chi connectivity index (χ0) is 18.5. The third kappa shape index (κ3) is 4.91. The highest BCUT2D eigenvalue weighted by Crippen LogP contribution is 2.29. The molecule has 0 spiro atoms. The van der Waals surface area contributed by atoms with Gasteiger partial charge in [-0.3, -0.25) is 9.69 Å². The first kappa shape index (κ1) is 18.9. The van der Waals surface area contributed by atoms with E-state index in [1.165, 1.54) is 37.7 Å². The van der Waals surface area contributed by atoms with Gasteiger partial charge in [0.25, 0.3) is 0 Å². The van der Waals surface area contributed by atoms with Crippen molar-refractivity contribution in [3.8, 4) is 0 Å². The second-order valence-corrected chi connectivity index (χ2v) is 8.66. The Kier molecular flexibility index (Phi) is 6.46. The summed E-state index contributed by atoms with van der Waals surface area (Å²) in [5, 5.41) is 0. The summed E-state index contributed by atoms with van der Waals surface area (Å²) in [6.45, 7) is 4.55. The fourth-order valence-corrected chi connectivity index (χ4v) is 5.00. The van der Waals surface area contributed by atoms with Crippen LogP contribution in [0.4, 0.5) is 0 Å². The first-order valence-electron chi connectivity index (χ1n) is 10.9. The number of nitrogens with zero attached hydrogens (tertiary/aromatic N) is 2. The molecule has 0 atom stereocenters. The topological polar surface area (TPSA) is 32.8 Å². The maximum Gasteiger partial charge on any atom is 0.222 e. The molecule has 3 aliphatic rings. The van der Waals surface area contributed by atoms with E-state index in [1.54, 1.807) is 0 Å². The Hall–Kier alpha value is -1.39. The number of ether oxygens (including phenoxy) is 1. The van der Waals surface area contributed by atoms with Crippen LogP contribution < -0.4 is 0 Å². The summed E-state index contributed by atoms with van der Waals surface area (Å²) in [6, 6.07) is 11.9. The van der Waals surface area contributed by atoms with Crippen LogP contribution in [0.2, 0.25) is 0 Å². The average Bonchev–Trinajstić information content (AvgIpc) is 2.68. The van der Waals surface area contributed by atoms with Crippen LogP contribution in [0, 0.1) is 5.92 Å². The number of hydrogen-bond acceptors (Lipinski definition) is 3. The number of benzene rings is 1. The van der Waals surface area contributed by atoms with E-state index in [0.717, 1.165) is 52.1 Å². The predicted octanol–water partition coefficient (Wildman–Crippen LogP) is 3.85. The van der Waals surface area contributed by atoms with E-state index < -0.39 is 0 Å². The van der Waals surface area contributed by atoms with Gasteiger partial charge in [-0.1, -0.05) is 49.6 Å². The molecule has 2 aliphatic heterocycles. The van der Waals surface area contributed by atoms with Crippen LogP contribution in [0.1, 0.15) is 56.9 Å². The summed E-state index contributed by atoms with van der Waals surface area (Å²) >= 11 is 0. The van der Waals surface area contributed by atoms with Crippen LogP contribution in [0.5, 0.6) is 0 Å². The molecule has 3 fully saturated rings. The molecule has 4 nitrogen and oxygen atoms in total. The molecule has 1 saturated carbocycles. The SMILES string of the molecule is O=C(CC1CCCCC1)N1CC(N(Cc2ccccc2)C2CCOCC2)C1. The standard InChI is InChI=1S/C23H34N2O2/c26-23(15-19-7-3-1-4-8-19)24-17-22(18-24)25(21-11-13-27-14-12-21)16-20-9-5-2-6-10-20/h2,5-6,9-10,19,21-22H,1,3-4,7-8,11-18H2. The van der Waals surface area contributed by atoms with Gasteiger partial charge in [-0.2, -0.15) is 0 Å². The van der Waals surface area contributed by atoms with Crippen LogP contribution in [0.15, 0.2) is 30.3 Å². The summed E-state index contributed by atoms with van der Waals surface area (Å²) in [4.78, 5) is 17.4. The minimum Gasteiger partial charge on any atom is -0.381 e. The fraction of sp³-hybridized carbons (Fsp3) is 0.696. The number of amides is 1. The number of likely N-dealkylation sites (tertiary alicyclic amines) is 1. The van der Waals surface area contributed by atoms with E-state index in [4.69, 9.17) is 4.74 Å². The van der Waals surface area contributed by atoms with Crippen LogP contribution in [0.3, 0.4) is 0 Å². The Bertz CT molecular complexity index is 588. The molecule has 2 heterocycles. The first-order valence-corrected chi connectivity index (χ1v) is 10.9. The van der Waals surface area contributed by atoms with Gasteiger partial charge in [0.1, 0.15) is 0 Å². The third-order valence-corrected chi connectivity index (χ3v) is 6.74. The second kappa shape index (κ2) is 9.20. The molecular formula is C23H34N2O2.